The van der Waals surface area contributed by atoms with Crippen LogP contribution >= 0.6 is 0 Å². The lowest BCUT2D eigenvalue weighted by Crippen LogP contribution is -2.60. The maximum atomic E-state index is 13.1. The summed E-state index contributed by atoms with van der Waals surface area (Å²) >= 11 is 0. The Balaban J connectivity index is 2.43. The topological polar surface area (TPSA) is 189 Å². The van der Waals surface area contributed by atoms with Crippen molar-refractivity contribution >= 4 is 5.91 Å². The van der Waals surface area contributed by atoms with Gasteiger partial charge in [-0.1, -0.05) is 194 Å². The lowest BCUT2D eigenvalue weighted by molar-refractivity contribution is -0.303. The molecule has 0 saturated carbocycles. The second-order valence-corrected chi connectivity index (χ2v) is 17.3. The van der Waals surface area contributed by atoms with Crippen molar-refractivity contribution in [1.82, 2.24) is 5.32 Å². The molecule has 9 atom stereocenters. The fourth-order valence-corrected chi connectivity index (χ4v) is 7.68. The number of aliphatic hydroxyl groups excluding tert-OH is 7. The summed E-state index contributed by atoms with van der Waals surface area (Å²) in [4.78, 5) is 13.1. The summed E-state index contributed by atoms with van der Waals surface area (Å²) in [6.45, 7) is 5.73. The quantitative estimate of drug-likeness (QED) is 0.0293. The van der Waals surface area contributed by atoms with E-state index in [1.54, 1.807) is 0 Å². The Labute approximate surface area is 341 Å². The highest BCUT2D eigenvalue weighted by Crippen LogP contribution is 2.23. The van der Waals surface area contributed by atoms with Gasteiger partial charge in [0.25, 0.3) is 0 Å². The van der Waals surface area contributed by atoms with Gasteiger partial charge in [-0.15, -0.1) is 0 Å². The molecule has 11 heteroatoms. The van der Waals surface area contributed by atoms with E-state index >= 15 is 0 Å². The van der Waals surface area contributed by atoms with Gasteiger partial charge in [-0.2, -0.15) is 0 Å². The molecule has 1 aliphatic heterocycles. The molecule has 11 nitrogen and oxygen atoms in total. The largest absolute Gasteiger partial charge is 0.394 e. The Morgan fingerprint density at radius 3 is 1.43 bits per heavy atom. The highest BCUT2D eigenvalue weighted by molar-refractivity contribution is 5.80. The van der Waals surface area contributed by atoms with Gasteiger partial charge in [-0.25, -0.2) is 0 Å². The summed E-state index contributed by atoms with van der Waals surface area (Å²) in [5, 5.41) is 75.6. The highest BCUT2D eigenvalue weighted by Gasteiger charge is 2.44. The first-order valence-corrected chi connectivity index (χ1v) is 23.3. The standard InChI is InChI=1S/C45H89NO10/c1-4-5-6-7-8-9-10-11-12-13-14-15-16-19-23-26-29-32-38(49)44(54)46-36(34-55-45-43(53)42(52)41(51)39(33-47)56-45)40(50)37(48)31-28-25-22-20-17-18-21-24-27-30-35(2)3/h35-43,45,47-53H,4-34H2,1-3H3,(H,46,54)/t36-,37+,38+,39+,40-,41+,42-,43+,45+/m0/s1. The number of ether oxygens (including phenoxy) is 2. The summed E-state index contributed by atoms with van der Waals surface area (Å²) in [6, 6.07) is -1.16. The number of carbonyl (C=O) groups excluding carboxylic acids is 1. The maximum Gasteiger partial charge on any atom is 0.249 e. The van der Waals surface area contributed by atoms with Crippen LogP contribution in [-0.4, -0.2) is 110 Å². The van der Waals surface area contributed by atoms with Crippen molar-refractivity contribution in [2.24, 2.45) is 5.92 Å². The van der Waals surface area contributed by atoms with Crippen LogP contribution in [0.5, 0.6) is 0 Å². The molecule has 0 bridgehead atoms. The number of nitrogens with one attached hydrogen (secondary N) is 1. The second-order valence-electron chi connectivity index (χ2n) is 17.3. The molecule has 0 unspecified atom stereocenters. The van der Waals surface area contributed by atoms with Gasteiger partial charge in [0.2, 0.25) is 5.91 Å². The molecule has 1 aliphatic rings. The number of amides is 1. The summed E-state index contributed by atoms with van der Waals surface area (Å²) < 4.78 is 11.1. The molecule has 1 heterocycles. The molecular weight excluding hydrogens is 714 g/mol. The molecule has 0 aromatic carbocycles. The number of rotatable bonds is 38. The van der Waals surface area contributed by atoms with Gasteiger partial charge in [0, 0.05) is 0 Å². The second kappa shape index (κ2) is 34.9. The highest BCUT2D eigenvalue weighted by atomic mass is 16.7. The van der Waals surface area contributed by atoms with Crippen LogP contribution in [0.3, 0.4) is 0 Å². The number of hydrogen-bond donors (Lipinski definition) is 8. The predicted molar refractivity (Wildman–Crippen MR) is 224 cm³/mol. The molecule has 56 heavy (non-hydrogen) atoms. The normalized spacial score (nSPS) is 22.3. The van der Waals surface area contributed by atoms with Gasteiger partial charge < -0.3 is 50.5 Å². The minimum atomic E-state index is -1.66. The number of unbranched alkanes of at least 4 members (excludes halogenated alkanes) is 24. The molecule has 1 amide bonds. The molecule has 0 aromatic rings. The first kappa shape index (κ1) is 53.1. The van der Waals surface area contributed by atoms with Gasteiger partial charge in [-0.3, -0.25) is 4.79 Å². The van der Waals surface area contributed by atoms with E-state index in [0.29, 0.717) is 19.3 Å². The lowest BCUT2D eigenvalue weighted by Gasteiger charge is -2.40. The molecular formula is C45H89NO10. The van der Waals surface area contributed by atoms with Crippen LogP contribution in [0.25, 0.3) is 0 Å². The Morgan fingerprint density at radius 2 is 1.00 bits per heavy atom. The fourth-order valence-electron chi connectivity index (χ4n) is 7.68. The SMILES string of the molecule is CCCCCCCCCCCCCCCCCCC[C@@H](O)C(=O)N[C@@H](CO[C@@H]1O[C@H](CO)[C@@H](O)[C@H](O)[C@H]1O)[C@H](O)[C@H](O)CCCCCCCCCCCC(C)C. The van der Waals surface area contributed by atoms with Crippen molar-refractivity contribution < 1.29 is 50.0 Å². The third-order valence-electron chi connectivity index (χ3n) is 11.6. The molecule has 1 saturated heterocycles. The molecule has 1 fully saturated rings. The van der Waals surface area contributed by atoms with E-state index < -0.39 is 74.2 Å². The van der Waals surface area contributed by atoms with Gasteiger partial charge in [0.1, 0.15) is 36.6 Å². The van der Waals surface area contributed by atoms with Crippen LogP contribution in [0.1, 0.15) is 207 Å². The van der Waals surface area contributed by atoms with Crippen LogP contribution in [0.15, 0.2) is 0 Å². The number of hydrogen-bond acceptors (Lipinski definition) is 10. The van der Waals surface area contributed by atoms with Crippen molar-refractivity contribution in [3.8, 4) is 0 Å². The Morgan fingerprint density at radius 1 is 0.589 bits per heavy atom. The Kier molecular flexibility index (Phi) is 33.1. The van der Waals surface area contributed by atoms with E-state index in [9.17, 15) is 40.5 Å². The summed E-state index contributed by atoms with van der Waals surface area (Å²) in [6.07, 6.45) is 21.6. The van der Waals surface area contributed by atoms with Crippen molar-refractivity contribution in [2.75, 3.05) is 13.2 Å². The first-order chi connectivity index (χ1) is 27.0. The first-order valence-electron chi connectivity index (χ1n) is 23.3. The third kappa shape index (κ3) is 25.6. The van der Waals surface area contributed by atoms with Gasteiger partial charge in [-0.05, 0) is 18.8 Å². The van der Waals surface area contributed by atoms with Crippen molar-refractivity contribution in [2.45, 2.75) is 262 Å². The zero-order valence-corrected chi connectivity index (χ0v) is 36.0. The summed E-state index contributed by atoms with van der Waals surface area (Å²) in [7, 11) is 0. The average Bonchev–Trinajstić information content (AvgIpc) is 3.18. The van der Waals surface area contributed by atoms with Crippen LogP contribution in [0.2, 0.25) is 0 Å². The van der Waals surface area contributed by atoms with Gasteiger partial charge in [0.15, 0.2) is 6.29 Å². The minimum Gasteiger partial charge on any atom is -0.394 e. The van der Waals surface area contributed by atoms with Gasteiger partial charge >= 0.3 is 0 Å². The third-order valence-corrected chi connectivity index (χ3v) is 11.6. The van der Waals surface area contributed by atoms with Crippen molar-refractivity contribution in [1.29, 1.82) is 0 Å². The van der Waals surface area contributed by atoms with Crippen molar-refractivity contribution in [3.05, 3.63) is 0 Å². The molecule has 8 N–H and O–H groups in total. The van der Waals surface area contributed by atoms with Crippen LogP contribution in [-0.2, 0) is 14.3 Å². The van der Waals surface area contributed by atoms with Crippen molar-refractivity contribution in [3.63, 3.8) is 0 Å². The summed E-state index contributed by atoms with van der Waals surface area (Å²) in [5.74, 6) is 0.0691. The lowest BCUT2D eigenvalue weighted by atomic mass is 9.98. The van der Waals surface area contributed by atoms with E-state index in [0.717, 1.165) is 44.4 Å². The van der Waals surface area contributed by atoms with Crippen LogP contribution in [0.4, 0.5) is 0 Å². The fraction of sp³-hybridized carbons (Fsp3) is 0.978. The summed E-state index contributed by atoms with van der Waals surface area (Å²) in [5.41, 5.74) is 0. The van der Waals surface area contributed by atoms with Gasteiger partial charge in [0.05, 0.1) is 25.4 Å². The number of aliphatic hydroxyl groups is 7. The van der Waals surface area contributed by atoms with E-state index in [1.165, 1.54) is 122 Å². The Hall–Kier alpha value is -0.890. The molecule has 334 valence electrons. The molecule has 0 aliphatic carbocycles. The molecule has 0 radical (unpaired) electrons. The predicted octanol–water partition coefficient (Wildman–Crippen LogP) is 7.36. The maximum absolute atomic E-state index is 13.1. The minimum absolute atomic E-state index is 0.265. The van der Waals surface area contributed by atoms with E-state index in [2.05, 4.69) is 26.1 Å². The Bertz CT molecular complexity index is 895. The van der Waals surface area contributed by atoms with Crippen LogP contribution in [0, 0.1) is 5.92 Å². The van der Waals surface area contributed by atoms with Crippen LogP contribution < -0.4 is 5.32 Å². The molecule has 0 spiro atoms. The molecule has 1 rings (SSSR count). The average molecular weight is 804 g/mol. The molecule has 0 aromatic heterocycles. The van der Waals surface area contributed by atoms with E-state index in [4.69, 9.17) is 9.47 Å². The zero-order valence-electron chi connectivity index (χ0n) is 36.0. The zero-order chi connectivity index (χ0) is 41.4. The van der Waals surface area contributed by atoms with E-state index in [-0.39, 0.29) is 6.42 Å². The smallest absolute Gasteiger partial charge is 0.249 e. The monoisotopic (exact) mass is 804 g/mol. The van der Waals surface area contributed by atoms with E-state index in [1.807, 2.05) is 0 Å². The number of carbonyl (C=O) groups is 1.